The number of hydrogen-bond acceptors (Lipinski definition) is 1. The summed E-state index contributed by atoms with van der Waals surface area (Å²) in [7, 11) is -1.88. The highest BCUT2D eigenvalue weighted by molar-refractivity contribution is 7.83. The Hall–Kier alpha value is -1.40. The van der Waals surface area contributed by atoms with E-state index in [1.807, 2.05) is 37.6 Å². The molecule has 0 saturated heterocycles. The van der Waals surface area contributed by atoms with E-state index in [0.717, 1.165) is 10.9 Å². The first-order valence-electron chi connectivity index (χ1n) is 6.59. The molecule has 0 aromatic heterocycles. The van der Waals surface area contributed by atoms with E-state index in [9.17, 15) is 17.4 Å². The van der Waals surface area contributed by atoms with Gasteiger partial charge in [-0.2, -0.15) is 13.2 Å². The molecule has 0 amide bonds. The normalized spacial score (nSPS) is 12.7. The lowest BCUT2D eigenvalue weighted by atomic mass is 10.1. The minimum absolute atomic E-state index is 0.366. The summed E-state index contributed by atoms with van der Waals surface area (Å²) >= 11 is 0. The summed E-state index contributed by atoms with van der Waals surface area (Å²) in [6.07, 6.45) is -4.38. The predicted molar refractivity (Wildman–Crippen MR) is 80.5 cm³/mol. The first kappa shape index (κ1) is 17.7. The van der Waals surface area contributed by atoms with E-state index >= 15 is 0 Å². The summed E-state index contributed by atoms with van der Waals surface area (Å²) < 4.78 is 50.3. The Labute approximate surface area is 124 Å². The Morgan fingerprint density at radius 3 is 2.19 bits per heavy atom. The van der Waals surface area contributed by atoms with E-state index in [4.69, 9.17) is 0 Å². The van der Waals surface area contributed by atoms with Gasteiger partial charge in [0.1, 0.15) is 17.5 Å². The maximum absolute atomic E-state index is 12.1. The standard InChI is InChI=1S/C13H12F3NOS.C2H6/c1-9-6-7-12(11-5-3-2-4-10(9)11)19(18)17-8-13(14,15)16;1-2/h2-7,17H,8H2,1H3;1-2H3. The van der Waals surface area contributed by atoms with Crippen LogP contribution in [0.1, 0.15) is 19.4 Å². The van der Waals surface area contributed by atoms with Gasteiger partial charge in [0.2, 0.25) is 0 Å². The first-order chi connectivity index (χ1) is 9.88. The van der Waals surface area contributed by atoms with Crippen molar-refractivity contribution in [2.75, 3.05) is 6.54 Å². The summed E-state index contributed by atoms with van der Waals surface area (Å²) in [5, 5.41) is 1.60. The number of halogens is 3. The highest BCUT2D eigenvalue weighted by Gasteiger charge is 2.28. The number of fused-ring (bicyclic) bond motifs is 1. The summed E-state index contributed by atoms with van der Waals surface area (Å²) in [6.45, 7) is 4.62. The molecule has 0 aliphatic carbocycles. The van der Waals surface area contributed by atoms with Gasteiger partial charge in [0.05, 0.1) is 4.90 Å². The molecule has 0 fully saturated rings. The Kier molecular flexibility index (Phi) is 6.36. The fourth-order valence-electron chi connectivity index (χ4n) is 1.81. The first-order valence-corrected chi connectivity index (χ1v) is 7.74. The number of rotatable bonds is 3. The number of benzene rings is 2. The Bertz CT molecular complexity index is 626. The largest absolute Gasteiger partial charge is 0.402 e. The molecule has 1 atom stereocenters. The molecule has 0 bridgehead atoms. The summed E-state index contributed by atoms with van der Waals surface area (Å²) in [5.41, 5.74) is 0.993. The zero-order valence-electron chi connectivity index (χ0n) is 12.1. The van der Waals surface area contributed by atoms with Crippen LogP contribution in [0.5, 0.6) is 0 Å². The van der Waals surface area contributed by atoms with Gasteiger partial charge in [-0.25, -0.2) is 8.93 Å². The van der Waals surface area contributed by atoms with Crippen LogP contribution in [0.15, 0.2) is 41.3 Å². The zero-order valence-corrected chi connectivity index (χ0v) is 12.9. The lowest BCUT2D eigenvalue weighted by Crippen LogP contribution is -2.30. The Morgan fingerprint density at radius 1 is 1.05 bits per heavy atom. The van der Waals surface area contributed by atoms with Gasteiger partial charge in [0.15, 0.2) is 0 Å². The van der Waals surface area contributed by atoms with Crippen molar-refractivity contribution in [1.82, 2.24) is 4.72 Å². The molecule has 0 spiro atoms. The molecule has 0 aliphatic heterocycles. The summed E-state index contributed by atoms with van der Waals surface area (Å²) in [4.78, 5) is 0.366. The maximum Gasteiger partial charge on any atom is 0.402 e. The molecular weight excluding hydrogens is 299 g/mol. The third-order valence-electron chi connectivity index (χ3n) is 2.71. The highest BCUT2D eigenvalue weighted by Crippen LogP contribution is 2.24. The highest BCUT2D eigenvalue weighted by atomic mass is 32.2. The van der Waals surface area contributed by atoms with Crippen LogP contribution >= 0.6 is 0 Å². The van der Waals surface area contributed by atoms with E-state index in [0.29, 0.717) is 10.3 Å². The third-order valence-corrected chi connectivity index (χ3v) is 3.87. The molecule has 116 valence electrons. The van der Waals surface area contributed by atoms with E-state index in [-0.39, 0.29) is 0 Å². The Balaban J connectivity index is 0.00000106. The fraction of sp³-hybridized carbons (Fsp3) is 0.333. The Morgan fingerprint density at radius 2 is 1.62 bits per heavy atom. The molecule has 2 nitrogen and oxygen atoms in total. The average molecular weight is 317 g/mol. The zero-order chi connectivity index (χ0) is 16.0. The molecule has 1 N–H and O–H groups in total. The maximum atomic E-state index is 12.1. The SMILES string of the molecule is CC.Cc1ccc(S(=O)NCC(F)(F)F)c2ccccc12. The van der Waals surface area contributed by atoms with Gasteiger partial charge in [0, 0.05) is 0 Å². The van der Waals surface area contributed by atoms with E-state index in [2.05, 4.69) is 0 Å². The van der Waals surface area contributed by atoms with Crippen molar-refractivity contribution < 1.29 is 17.4 Å². The van der Waals surface area contributed by atoms with Gasteiger partial charge in [-0.3, -0.25) is 0 Å². The number of aryl methyl sites for hydroxylation is 1. The van der Waals surface area contributed by atoms with Gasteiger partial charge in [-0.15, -0.1) is 0 Å². The van der Waals surface area contributed by atoms with E-state index < -0.39 is 23.7 Å². The van der Waals surface area contributed by atoms with Crippen LogP contribution < -0.4 is 4.72 Å². The average Bonchev–Trinajstić information content (AvgIpc) is 2.47. The molecule has 21 heavy (non-hydrogen) atoms. The summed E-state index contributed by atoms with van der Waals surface area (Å²) in [6, 6.07) is 10.6. The monoisotopic (exact) mass is 317 g/mol. The number of alkyl halides is 3. The van der Waals surface area contributed by atoms with Gasteiger partial charge in [0.25, 0.3) is 0 Å². The van der Waals surface area contributed by atoms with Crippen LogP contribution in [-0.2, 0) is 11.0 Å². The van der Waals surface area contributed by atoms with Gasteiger partial charge in [-0.1, -0.05) is 44.2 Å². The van der Waals surface area contributed by atoms with Crippen molar-refractivity contribution in [2.45, 2.75) is 31.8 Å². The van der Waals surface area contributed by atoms with Crippen LogP contribution in [0.2, 0.25) is 0 Å². The molecule has 0 heterocycles. The molecule has 2 aromatic carbocycles. The molecule has 0 aliphatic rings. The second-order valence-corrected chi connectivity index (χ2v) is 5.40. The molecule has 0 saturated carbocycles. The van der Waals surface area contributed by atoms with Crippen LogP contribution in [0.25, 0.3) is 10.8 Å². The van der Waals surface area contributed by atoms with Crippen LogP contribution in [0.4, 0.5) is 13.2 Å². The summed E-state index contributed by atoms with van der Waals surface area (Å²) in [5.74, 6) is 0. The van der Waals surface area contributed by atoms with Crippen molar-refractivity contribution in [1.29, 1.82) is 0 Å². The molecular formula is C15H18F3NOS. The van der Waals surface area contributed by atoms with Crippen molar-refractivity contribution in [3.63, 3.8) is 0 Å². The molecule has 2 rings (SSSR count). The third kappa shape index (κ3) is 4.82. The van der Waals surface area contributed by atoms with Crippen molar-refractivity contribution >= 4 is 21.8 Å². The van der Waals surface area contributed by atoms with Gasteiger partial charge >= 0.3 is 6.18 Å². The van der Waals surface area contributed by atoms with Crippen LogP contribution in [0.3, 0.4) is 0 Å². The van der Waals surface area contributed by atoms with Crippen molar-refractivity contribution in [3.05, 3.63) is 42.0 Å². The number of hydrogen-bond donors (Lipinski definition) is 1. The van der Waals surface area contributed by atoms with Crippen LogP contribution in [0, 0.1) is 6.92 Å². The molecule has 2 aromatic rings. The fourth-order valence-corrected chi connectivity index (χ4v) is 2.83. The predicted octanol–water partition coefficient (Wildman–Crippen LogP) is 4.35. The van der Waals surface area contributed by atoms with Gasteiger partial charge in [-0.05, 0) is 29.3 Å². The molecule has 0 radical (unpaired) electrons. The quantitative estimate of drug-likeness (QED) is 0.896. The van der Waals surface area contributed by atoms with Gasteiger partial charge < -0.3 is 0 Å². The van der Waals surface area contributed by atoms with Crippen molar-refractivity contribution in [2.24, 2.45) is 0 Å². The minimum atomic E-state index is -4.38. The van der Waals surface area contributed by atoms with Crippen LogP contribution in [-0.4, -0.2) is 16.9 Å². The van der Waals surface area contributed by atoms with E-state index in [1.54, 1.807) is 24.3 Å². The smallest absolute Gasteiger partial charge is 0.237 e. The lowest BCUT2D eigenvalue weighted by Gasteiger charge is -2.11. The number of nitrogens with one attached hydrogen (secondary N) is 1. The van der Waals surface area contributed by atoms with Crippen molar-refractivity contribution in [3.8, 4) is 0 Å². The molecule has 1 unspecified atom stereocenters. The molecule has 6 heteroatoms. The topological polar surface area (TPSA) is 29.1 Å². The second-order valence-electron chi connectivity index (χ2n) is 4.13. The lowest BCUT2D eigenvalue weighted by molar-refractivity contribution is -0.121. The van der Waals surface area contributed by atoms with E-state index in [1.165, 1.54) is 0 Å². The second kappa shape index (κ2) is 7.56. The minimum Gasteiger partial charge on any atom is -0.237 e.